The fourth-order valence-electron chi connectivity index (χ4n) is 1.07. The number of hydrogen-bond acceptors (Lipinski definition) is 6. The van der Waals surface area contributed by atoms with E-state index in [0.717, 1.165) is 0 Å². The van der Waals surface area contributed by atoms with Crippen molar-refractivity contribution in [3.05, 3.63) is 18.2 Å². The second-order valence-corrected chi connectivity index (χ2v) is 3.69. The van der Waals surface area contributed by atoms with Gasteiger partial charge in [0.1, 0.15) is 16.5 Å². The number of aromatic hydroxyl groups is 2. The molecule has 0 radical (unpaired) electrons. The molecular weight excluding hydrogens is 202 g/mol. The molecule has 2 aromatic rings. The number of phenolic OH excluding ortho intramolecular Hbond substituents is 2. The predicted octanol–water partition coefficient (Wildman–Crippen LogP) is 1.20. The number of anilines is 1. The van der Waals surface area contributed by atoms with Gasteiger partial charge < -0.3 is 15.9 Å². The van der Waals surface area contributed by atoms with Gasteiger partial charge in [-0.3, -0.25) is 0 Å². The van der Waals surface area contributed by atoms with Gasteiger partial charge in [-0.1, -0.05) is 11.3 Å². The fraction of sp³-hybridized carbons (Fsp3) is 0. The molecule has 1 aromatic carbocycles. The first-order chi connectivity index (χ1) is 6.65. The summed E-state index contributed by atoms with van der Waals surface area (Å²) in [6.45, 7) is 0. The van der Waals surface area contributed by atoms with Gasteiger partial charge >= 0.3 is 0 Å². The van der Waals surface area contributed by atoms with Gasteiger partial charge in [-0.15, -0.1) is 10.2 Å². The minimum Gasteiger partial charge on any atom is -0.508 e. The SMILES string of the molecule is Nc1nnc(-c2cc(O)cc(O)c2)s1. The predicted molar refractivity (Wildman–Crippen MR) is 53.1 cm³/mol. The molecule has 6 heteroatoms. The van der Waals surface area contributed by atoms with E-state index in [2.05, 4.69) is 10.2 Å². The number of nitrogens with two attached hydrogens (primary N) is 1. The zero-order valence-electron chi connectivity index (χ0n) is 7.01. The first kappa shape index (κ1) is 8.76. The van der Waals surface area contributed by atoms with Gasteiger partial charge in [-0.05, 0) is 12.1 Å². The summed E-state index contributed by atoms with van der Waals surface area (Å²) in [4.78, 5) is 0. The quantitative estimate of drug-likeness (QED) is 0.656. The van der Waals surface area contributed by atoms with Crippen molar-refractivity contribution < 1.29 is 10.2 Å². The number of nitrogen functional groups attached to an aromatic ring is 1. The van der Waals surface area contributed by atoms with Crippen LogP contribution in [-0.4, -0.2) is 20.4 Å². The maximum absolute atomic E-state index is 9.23. The Morgan fingerprint density at radius 3 is 2.21 bits per heavy atom. The highest BCUT2D eigenvalue weighted by molar-refractivity contribution is 7.18. The highest BCUT2D eigenvalue weighted by Crippen LogP contribution is 2.30. The van der Waals surface area contributed by atoms with Gasteiger partial charge in [0.2, 0.25) is 5.13 Å². The third-order valence-electron chi connectivity index (χ3n) is 1.59. The van der Waals surface area contributed by atoms with E-state index in [1.165, 1.54) is 29.5 Å². The molecule has 0 aliphatic heterocycles. The summed E-state index contributed by atoms with van der Waals surface area (Å²) in [6, 6.07) is 4.22. The first-order valence-corrected chi connectivity index (χ1v) is 4.59. The minimum absolute atomic E-state index is 0.0197. The largest absolute Gasteiger partial charge is 0.508 e. The second kappa shape index (κ2) is 3.15. The number of hydrogen-bond donors (Lipinski definition) is 3. The number of nitrogens with zero attached hydrogens (tertiary/aromatic N) is 2. The van der Waals surface area contributed by atoms with Crippen LogP contribution >= 0.6 is 11.3 Å². The van der Waals surface area contributed by atoms with Crippen molar-refractivity contribution in [2.45, 2.75) is 0 Å². The normalized spacial score (nSPS) is 10.3. The standard InChI is InChI=1S/C8H7N3O2S/c9-8-11-10-7(14-8)4-1-5(12)3-6(13)2-4/h1-3,12-13H,(H2,9,11). The maximum Gasteiger partial charge on any atom is 0.203 e. The molecule has 0 bridgehead atoms. The van der Waals surface area contributed by atoms with Crippen LogP contribution in [-0.2, 0) is 0 Å². The van der Waals surface area contributed by atoms with Crippen molar-refractivity contribution in [2.75, 3.05) is 5.73 Å². The average Bonchev–Trinajstić information content (AvgIpc) is 2.50. The molecule has 1 heterocycles. The Hall–Kier alpha value is -1.82. The van der Waals surface area contributed by atoms with Crippen LogP contribution in [0.1, 0.15) is 0 Å². The molecule has 0 atom stereocenters. The van der Waals surface area contributed by atoms with Gasteiger partial charge in [-0.2, -0.15) is 0 Å². The van der Waals surface area contributed by atoms with Crippen molar-refractivity contribution in [2.24, 2.45) is 0 Å². The molecule has 2 rings (SSSR count). The van der Waals surface area contributed by atoms with Crippen molar-refractivity contribution in [3.8, 4) is 22.1 Å². The topological polar surface area (TPSA) is 92.3 Å². The highest BCUT2D eigenvalue weighted by atomic mass is 32.1. The van der Waals surface area contributed by atoms with Gasteiger partial charge in [0.05, 0.1) is 0 Å². The summed E-state index contributed by atoms with van der Waals surface area (Å²) < 4.78 is 0. The van der Waals surface area contributed by atoms with E-state index in [0.29, 0.717) is 15.7 Å². The minimum atomic E-state index is -0.0197. The number of phenols is 2. The lowest BCUT2D eigenvalue weighted by molar-refractivity contribution is 0.451. The summed E-state index contributed by atoms with van der Waals surface area (Å²) in [5.41, 5.74) is 6.01. The number of aromatic nitrogens is 2. The zero-order chi connectivity index (χ0) is 10.1. The van der Waals surface area contributed by atoms with Crippen LogP contribution < -0.4 is 5.73 Å². The van der Waals surface area contributed by atoms with Gasteiger partial charge in [-0.25, -0.2) is 0 Å². The molecule has 0 spiro atoms. The summed E-state index contributed by atoms with van der Waals surface area (Å²) in [5, 5.41) is 26.8. The fourth-order valence-corrected chi connectivity index (χ4v) is 1.67. The van der Waals surface area contributed by atoms with Crippen molar-refractivity contribution in [1.29, 1.82) is 0 Å². The average molecular weight is 209 g/mol. The Morgan fingerprint density at radius 1 is 1.07 bits per heavy atom. The third-order valence-corrected chi connectivity index (χ3v) is 2.39. The van der Waals surface area contributed by atoms with Crippen molar-refractivity contribution >= 4 is 16.5 Å². The molecule has 0 aliphatic rings. The number of benzene rings is 1. The van der Waals surface area contributed by atoms with Crippen LogP contribution in [0.25, 0.3) is 10.6 Å². The molecule has 14 heavy (non-hydrogen) atoms. The molecule has 0 saturated heterocycles. The molecular formula is C8H7N3O2S. The number of rotatable bonds is 1. The smallest absolute Gasteiger partial charge is 0.203 e. The lowest BCUT2D eigenvalue weighted by Crippen LogP contribution is -1.80. The van der Waals surface area contributed by atoms with Crippen LogP contribution in [0.15, 0.2) is 18.2 Å². The lowest BCUT2D eigenvalue weighted by Gasteiger charge is -1.98. The van der Waals surface area contributed by atoms with Crippen molar-refractivity contribution in [3.63, 3.8) is 0 Å². The summed E-state index contributed by atoms with van der Waals surface area (Å²) >= 11 is 1.19. The van der Waals surface area contributed by atoms with Crippen LogP contribution in [0.2, 0.25) is 0 Å². The Morgan fingerprint density at radius 2 is 1.71 bits per heavy atom. The molecule has 72 valence electrons. The maximum atomic E-state index is 9.23. The third kappa shape index (κ3) is 1.60. The monoisotopic (exact) mass is 209 g/mol. The van der Waals surface area contributed by atoms with Crippen molar-refractivity contribution in [1.82, 2.24) is 10.2 Å². The van der Waals surface area contributed by atoms with E-state index in [4.69, 9.17) is 5.73 Å². The Bertz CT molecular complexity index is 449. The molecule has 0 fully saturated rings. The summed E-state index contributed by atoms with van der Waals surface area (Å²) in [5.74, 6) is -0.0393. The molecule has 0 amide bonds. The van der Waals surface area contributed by atoms with E-state index in [1.54, 1.807) is 0 Å². The molecule has 0 unspecified atom stereocenters. The van der Waals surface area contributed by atoms with Crippen LogP contribution in [0.3, 0.4) is 0 Å². The van der Waals surface area contributed by atoms with Gasteiger partial charge in [0.25, 0.3) is 0 Å². The molecule has 1 aromatic heterocycles. The Kier molecular flexibility index (Phi) is 1.97. The van der Waals surface area contributed by atoms with E-state index in [1.807, 2.05) is 0 Å². The van der Waals surface area contributed by atoms with Crippen LogP contribution in [0.5, 0.6) is 11.5 Å². The zero-order valence-corrected chi connectivity index (χ0v) is 7.82. The molecule has 5 nitrogen and oxygen atoms in total. The van der Waals surface area contributed by atoms with Crippen LogP contribution in [0, 0.1) is 0 Å². The second-order valence-electron chi connectivity index (χ2n) is 2.68. The lowest BCUT2D eigenvalue weighted by atomic mass is 10.2. The van der Waals surface area contributed by atoms with E-state index < -0.39 is 0 Å². The molecule has 0 saturated carbocycles. The van der Waals surface area contributed by atoms with Gasteiger partial charge in [0.15, 0.2) is 0 Å². The Balaban J connectivity index is 2.51. The Labute approximate surface area is 83.5 Å². The summed E-state index contributed by atoms with van der Waals surface area (Å²) in [6.07, 6.45) is 0. The van der Waals surface area contributed by atoms with Gasteiger partial charge in [0, 0.05) is 11.6 Å². The van der Waals surface area contributed by atoms with E-state index >= 15 is 0 Å². The first-order valence-electron chi connectivity index (χ1n) is 3.77. The van der Waals surface area contributed by atoms with Crippen LogP contribution in [0.4, 0.5) is 5.13 Å². The van der Waals surface area contributed by atoms with E-state index in [9.17, 15) is 10.2 Å². The molecule has 4 N–H and O–H groups in total. The van der Waals surface area contributed by atoms with E-state index in [-0.39, 0.29) is 11.5 Å². The summed E-state index contributed by atoms with van der Waals surface area (Å²) in [7, 11) is 0. The highest BCUT2D eigenvalue weighted by Gasteiger charge is 2.06. The molecule has 0 aliphatic carbocycles.